The van der Waals surface area contributed by atoms with Gasteiger partial charge in [-0.1, -0.05) is 30.3 Å². The lowest BCUT2D eigenvalue weighted by atomic mass is 10.1. The van der Waals surface area contributed by atoms with Gasteiger partial charge in [0.15, 0.2) is 5.82 Å². The highest BCUT2D eigenvalue weighted by atomic mass is 35.5. The summed E-state index contributed by atoms with van der Waals surface area (Å²) in [5.74, 6) is 0.688. The highest BCUT2D eigenvalue weighted by Gasteiger charge is 2.11. The van der Waals surface area contributed by atoms with Gasteiger partial charge in [0.2, 0.25) is 5.28 Å². The molecule has 2 rings (SSSR count). The first-order valence-corrected chi connectivity index (χ1v) is 6.50. The molecule has 0 aliphatic heterocycles. The fourth-order valence-corrected chi connectivity index (χ4v) is 2.08. The molecule has 0 unspecified atom stereocenters. The molecule has 5 heteroatoms. The number of likely N-dealkylation sites (N-methyl/N-ethyl adjacent to an activating group) is 1. The first-order chi connectivity index (χ1) is 9.08. The third kappa shape index (κ3) is 3.35. The fraction of sp³-hybridized carbons (Fsp3) is 0.286. The van der Waals surface area contributed by atoms with Crippen molar-refractivity contribution in [3.8, 4) is 0 Å². The predicted molar refractivity (Wildman–Crippen MR) is 79.6 cm³/mol. The Bertz CT molecular complexity index is 557. The Morgan fingerprint density at radius 1 is 1.21 bits per heavy atom. The zero-order valence-corrected chi connectivity index (χ0v) is 11.9. The van der Waals surface area contributed by atoms with Crippen molar-refractivity contribution in [2.45, 2.75) is 13.3 Å². The van der Waals surface area contributed by atoms with Crippen LogP contribution in [0.15, 0.2) is 30.3 Å². The van der Waals surface area contributed by atoms with Gasteiger partial charge in [-0.2, -0.15) is 4.98 Å². The number of aromatic nitrogens is 2. The summed E-state index contributed by atoms with van der Waals surface area (Å²) in [5, 5.41) is 0.230. The van der Waals surface area contributed by atoms with Gasteiger partial charge in [0.1, 0.15) is 0 Å². The van der Waals surface area contributed by atoms with E-state index in [2.05, 4.69) is 22.1 Å². The molecule has 0 bridgehead atoms. The Kier molecular flexibility index (Phi) is 4.22. The summed E-state index contributed by atoms with van der Waals surface area (Å²) in [7, 11) is 1.96. The topological polar surface area (TPSA) is 55.0 Å². The molecule has 1 aromatic carbocycles. The summed E-state index contributed by atoms with van der Waals surface area (Å²) in [5.41, 5.74) is 8.57. The van der Waals surface area contributed by atoms with E-state index in [1.54, 1.807) is 0 Å². The second-order valence-electron chi connectivity index (χ2n) is 4.47. The SMILES string of the molecule is Cc1nc(Cl)nc(N(C)CCc2ccccc2)c1N. The number of aryl methyl sites for hydroxylation is 1. The maximum absolute atomic E-state index is 6.00. The number of rotatable bonds is 4. The minimum Gasteiger partial charge on any atom is -0.394 e. The molecule has 0 atom stereocenters. The van der Waals surface area contributed by atoms with Crippen LogP contribution in [0.4, 0.5) is 11.5 Å². The van der Waals surface area contributed by atoms with Crippen molar-refractivity contribution >= 4 is 23.1 Å². The molecular weight excluding hydrogens is 260 g/mol. The van der Waals surface area contributed by atoms with Gasteiger partial charge >= 0.3 is 0 Å². The van der Waals surface area contributed by atoms with Crippen molar-refractivity contribution in [1.29, 1.82) is 0 Å². The standard InChI is InChI=1S/C14H17ClN4/c1-10-12(16)13(18-14(15)17-10)19(2)9-8-11-6-4-3-5-7-11/h3-7H,8-9,16H2,1-2H3. The maximum Gasteiger partial charge on any atom is 0.224 e. The van der Waals surface area contributed by atoms with Crippen LogP contribution in [0.2, 0.25) is 5.28 Å². The van der Waals surface area contributed by atoms with E-state index < -0.39 is 0 Å². The summed E-state index contributed by atoms with van der Waals surface area (Å²) in [4.78, 5) is 10.2. The lowest BCUT2D eigenvalue weighted by Crippen LogP contribution is -2.23. The molecular formula is C14H17ClN4. The molecule has 19 heavy (non-hydrogen) atoms. The fourth-order valence-electron chi connectivity index (χ4n) is 1.87. The van der Waals surface area contributed by atoms with Crippen molar-refractivity contribution in [1.82, 2.24) is 9.97 Å². The van der Waals surface area contributed by atoms with Crippen molar-refractivity contribution in [3.63, 3.8) is 0 Å². The number of hydrogen-bond donors (Lipinski definition) is 1. The van der Waals surface area contributed by atoms with E-state index in [1.165, 1.54) is 5.56 Å². The summed E-state index contributed by atoms with van der Waals surface area (Å²) in [6.45, 7) is 2.65. The Balaban J connectivity index is 2.10. The monoisotopic (exact) mass is 276 g/mol. The molecule has 4 nitrogen and oxygen atoms in total. The molecule has 1 aromatic heterocycles. The number of halogens is 1. The molecule has 0 aliphatic rings. The summed E-state index contributed by atoms with van der Waals surface area (Å²) in [6.07, 6.45) is 0.928. The summed E-state index contributed by atoms with van der Waals surface area (Å²) >= 11 is 5.88. The molecule has 0 fully saturated rings. The molecule has 0 amide bonds. The van der Waals surface area contributed by atoms with Gasteiger partial charge in [-0.05, 0) is 30.5 Å². The third-order valence-electron chi connectivity index (χ3n) is 3.03. The first-order valence-electron chi connectivity index (χ1n) is 6.12. The zero-order valence-electron chi connectivity index (χ0n) is 11.1. The summed E-state index contributed by atoms with van der Waals surface area (Å²) < 4.78 is 0. The lowest BCUT2D eigenvalue weighted by molar-refractivity contribution is 0.855. The molecule has 0 saturated heterocycles. The quantitative estimate of drug-likeness (QED) is 0.873. The van der Waals surface area contributed by atoms with Gasteiger partial charge in [-0.15, -0.1) is 0 Å². The lowest BCUT2D eigenvalue weighted by Gasteiger charge is -2.20. The van der Waals surface area contributed by atoms with Crippen LogP contribution in [0, 0.1) is 6.92 Å². The van der Waals surface area contributed by atoms with E-state index >= 15 is 0 Å². The van der Waals surface area contributed by atoms with E-state index in [4.69, 9.17) is 17.3 Å². The van der Waals surface area contributed by atoms with Crippen LogP contribution in [0.3, 0.4) is 0 Å². The first kappa shape index (κ1) is 13.6. The normalized spacial score (nSPS) is 10.5. The van der Waals surface area contributed by atoms with E-state index in [9.17, 15) is 0 Å². The van der Waals surface area contributed by atoms with Crippen LogP contribution >= 0.6 is 11.6 Å². The largest absolute Gasteiger partial charge is 0.394 e. The highest BCUT2D eigenvalue weighted by molar-refractivity contribution is 6.28. The molecule has 2 N–H and O–H groups in total. The van der Waals surface area contributed by atoms with E-state index in [-0.39, 0.29) is 5.28 Å². The molecule has 100 valence electrons. The average molecular weight is 277 g/mol. The van der Waals surface area contributed by atoms with E-state index in [0.717, 1.165) is 13.0 Å². The molecule has 1 heterocycles. The van der Waals surface area contributed by atoms with E-state index in [1.807, 2.05) is 37.1 Å². The predicted octanol–water partition coefficient (Wildman–Crippen LogP) is 2.70. The number of nitrogen functional groups attached to an aromatic ring is 1. The molecule has 0 radical (unpaired) electrons. The number of nitrogens with zero attached hydrogens (tertiary/aromatic N) is 3. The maximum atomic E-state index is 6.00. The van der Waals surface area contributed by atoms with Crippen LogP contribution in [0.5, 0.6) is 0 Å². The minimum atomic E-state index is 0.230. The average Bonchev–Trinajstić information content (AvgIpc) is 2.41. The molecule has 0 aliphatic carbocycles. The van der Waals surface area contributed by atoms with Crippen LogP contribution in [0.25, 0.3) is 0 Å². The van der Waals surface area contributed by atoms with Crippen molar-refractivity contribution in [2.75, 3.05) is 24.2 Å². The Morgan fingerprint density at radius 2 is 1.89 bits per heavy atom. The molecule has 2 aromatic rings. The second-order valence-corrected chi connectivity index (χ2v) is 4.81. The Morgan fingerprint density at radius 3 is 2.58 bits per heavy atom. The van der Waals surface area contributed by atoms with Crippen molar-refractivity contribution in [2.24, 2.45) is 0 Å². The van der Waals surface area contributed by atoms with Gasteiger partial charge < -0.3 is 10.6 Å². The Hall–Kier alpha value is -1.81. The van der Waals surface area contributed by atoms with Crippen LogP contribution in [0.1, 0.15) is 11.3 Å². The molecule has 0 saturated carbocycles. The number of nitrogens with two attached hydrogens (primary N) is 1. The van der Waals surface area contributed by atoms with Gasteiger partial charge in [0.05, 0.1) is 11.4 Å². The van der Waals surface area contributed by atoms with Crippen LogP contribution in [-0.2, 0) is 6.42 Å². The molecule has 0 spiro atoms. The van der Waals surface area contributed by atoms with E-state index in [0.29, 0.717) is 17.2 Å². The van der Waals surface area contributed by atoms with Crippen LogP contribution in [-0.4, -0.2) is 23.6 Å². The summed E-state index contributed by atoms with van der Waals surface area (Å²) in [6, 6.07) is 10.3. The van der Waals surface area contributed by atoms with Crippen LogP contribution < -0.4 is 10.6 Å². The third-order valence-corrected chi connectivity index (χ3v) is 3.20. The van der Waals surface area contributed by atoms with Gasteiger partial charge in [-0.3, -0.25) is 0 Å². The van der Waals surface area contributed by atoms with Crippen molar-refractivity contribution < 1.29 is 0 Å². The Labute approximate surface area is 118 Å². The number of benzene rings is 1. The van der Waals surface area contributed by atoms with Crippen molar-refractivity contribution in [3.05, 3.63) is 46.9 Å². The smallest absolute Gasteiger partial charge is 0.224 e. The minimum absolute atomic E-state index is 0.230. The van der Waals surface area contributed by atoms with Gasteiger partial charge in [0, 0.05) is 13.6 Å². The zero-order chi connectivity index (χ0) is 13.8. The second kappa shape index (κ2) is 5.89. The highest BCUT2D eigenvalue weighted by Crippen LogP contribution is 2.23. The number of hydrogen-bond acceptors (Lipinski definition) is 4. The number of anilines is 2. The van der Waals surface area contributed by atoms with Gasteiger partial charge in [0.25, 0.3) is 0 Å². The van der Waals surface area contributed by atoms with Gasteiger partial charge in [-0.25, -0.2) is 4.98 Å².